The van der Waals surface area contributed by atoms with Gasteiger partial charge in [0.05, 0.1) is 0 Å². The van der Waals surface area contributed by atoms with Crippen molar-refractivity contribution in [3.8, 4) is 0 Å². The second-order valence-corrected chi connectivity index (χ2v) is 1.41. The Labute approximate surface area is 44.9 Å². The molecule has 1 heteroatoms. The molecule has 0 bridgehead atoms. The Morgan fingerprint density at radius 1 is 1.57 bits per heavy atom. The first-order valence-electron chi connectivity index (χ1n) is 2.25. The molecule has 0 aliphatic carbocycles. The smallest absolute Gasteiger partial charge is 0.0347 e. The molecule has 0 atom stereocenters. The lowest BCUT2D eigenvalue weighted by Gasteiger charge is -2.07. The molecule has 0 radical (unpaired) electrons. The monoisotopic (exact) mass is 97.1 g/mol. The standard InChI is InChI=1S/C6H11N/c1-4-6-7(3)5-2/h4-5H,1-2,6H2,3H3. The van der Waals surface area contributed by atoms with Gasteiger partial charge in [-0.1, -0.05) is 12.7 Å². The Bertz CT molecular complexity index is 66.6. The minimum atomic E-state index is 0.878. The lowest BCUT2D eigenvalue weighted by molar-refractivity contribution is 0.512. The molecule has 40 valence electrons. The van der Waals surface area contributed by atoms with Gasteiger partial charge in [0, 0.05) is 13.6 Å². The van der Waals surface area contributed by atoms with Gasteiger partial charge in [0.25, 0.3) is 0 Å². The van der Waals surface area contributed by atoms with Crippen molar-refractivity contribution < 1.29 is 0 Å². The summed E-state index contributed by atoms with van der Waals surface area (Å²) in [5.74, 6) is 0. The third-order valence-electron chi connectivity index (χ3n) is 0.729. The highest BCUT2D eigenvalue weighted by Gasteiger charge is 1.77. The van der Waals surface area contributed by atoms with Crippen LogP contribution in [0.1, 0.15) is 0 Å². The van der Waals surface area contributed by atoms with Gasteiger partial charge in [0.2, 0.25) is 0 Å². The average Bonchev–Trinajstić information content (AvgIpc) is 1.68. The normalized spacial score (nSPS) is 7.57. The van der Waals surface area contributed by atoms with E-state index < -0.39 is 0 Å². The topological polar surface area (TPSA) is 3.24 Å². The summed E-state index contributed by atoms with van der Waals surface area (Å²) in [7, 11) is 1.95. The SMILES string of the molecule is C=CCN(C)C=C. The van der Waals surface area contributed by atoms with Crippen molar-refractivity contribution in [2.24, 2.45) is 0 Å². The maximum absolute atomic E-state index is 3.56. The van der Waals surface area contributed by atoms with Crippen LogP contribution in [-0.2, 0) is 0 Å². The molecule has 0 aliphatic heterocycles. The fourth-order valence-electron chi connectivity index (χ4n) is 0.278. The van der Waals surface area contributed by atoms with Crippen molar-refractivity contribution >= 4 is 0 Å². The summed E-state index contributed by atoms with van der Waals surface area (Å²) in [5, 5.41) is 0. The van der Waals surface area contributed by atoms with Crippen molar-refractivity contribution in [3.05, 3.63) is 25.4 Å². The quantitative estimate of drug-likeness (QED) is 0.479. The molecule has 0 amide bonds. The van der Waals surface area contributed by atoms with E-state index in [4.69, 9.17) is 0 Å². The van der Waals surface area contributed by atoms with Crippen molar-refractivity contribution in [1.29, 1.82) is 0 Å². The van der Waals surface area contributed by atoms with Crippen molar-refractivity contribution in [1.82, 2.24) is 4.90 Å². The number of nitrogens with zero attached hydrogens (tertiary/aromatic N) is 1. The molecule has 7 heavy (non-hydrogen) atoms. The number of likely N-dealkylation sites (N-methyl/N-ethyl adjacent to an activating group) is 1. The van der Waals surface area contributed by atoms with Crippen LogP contribution in [0.15, 0.2) is 25.4 Å². The van der Waals surface area contributed by atoms with E-state index >= 15 is 0 Å². The van der Waals surface area contributed by atoms with Crippen molar-refractivity contribution in [2.75, 3.05) is 13.6 Å². The van der Waals surface area contributed by atoms with Gasteiger partial charge in [-0.25, -0.2) is 0 Å². The van der Waals surface area contributed by atoms with Crippen LogP contribution in [0, 0.1) is 0 Å². The van der Waals surface area contributed by atoms with Crippen LogP contribution in [0.2, 0.25) is 0 Å². The lowest BCUT2D eigenvalue weighted by atomic mass is 10.6. The number of rotatable bonds is 3. The first-order valence-corrected chi connectivity index (χ1v) is 2.25. The zero-order valence-electron chi connectivity index (χ0n) is 4.72. The Morgan fingerprint density at radius 3 is 2.29 bits per heavy atom. The molecule has 1 nitrogen and oxygen atoms in total. The van der Waals surface area contributed by atoms with Crippen molar-refractivity contribution in [2.45, 2.75) is 0 Å². The maximum atomic E-state index is 3.56. The summed E-state index contributed by atoms with van der Waals surface area (Å²) >= 11 is 0. The zero-order valence-corrected chi connectivity index (χ0v) is 4.72. The molecule has 0 aromatic heterocycles. The summed E-state index contributed by atoms with van der Waals surface area (Å²) in [4.78, 5) is 1.95. The van der Waals surface area contributed by atoms with Crippen LogP contribution in [0.3, 0.4) is 0 Å². The molecule has 0 fully saturated rings. The fourth-order valence-corrected chi connectivity index (χ4v) is 0.278. The molecule has 0 unspecified atom stereocenters. The average molecular weight is 97.2 g/mol. The largest absolute Gasteiger partial charge is 0.377 e. The van der Waals surface area contributed by atoms with Gasteiger partial charge in [-0.3, -0.25) is 0 Å². The van der Waals surface area contributed by atoms with Crippen molar-refractivity contribution in [3.63, 3.8) is 0 Å². The van der Waals surface area contributed by atoms with Crippen LogP contribution in [0.25, 0.3) is 0 Å². The maximum Gasteiger partial charge on any atom is 0.0347 e. The number of hydrogen-bond donors (Lipinski definition) is 0. The minimum absolute atomic E-state index is 0.878. The van der Waals surface area contributed by atoms with E-state index in [0.29, 0.717) is 0 Å². The van der Waals surface area contributed by atoms with E-state index in [1.54, 1.807) is 6.20 Å². The predicted octanol–water partition coefficient (Wildman–Crippen LogP) is 1.25. The first-order chi connectivity index (χ1) is 3.31. The van der Waals surface area contributed by atoms with Gasteiger partial charge < -0.3 is 4.90 Å². The Hall–Kier alpha value is -0.720. The van der Waals surface area contributed by atoms with Gasteiger partial charge in [-0.05, 0) is 6.20 Å². The van der Waals surface area contributed by atoms with Crippen LogP contribution in [0.5, 0.6) is 0 Å². The third-order valence-corrected chi connectivity index (χ3v) is 0.729. The highest BCUT2D eigenvalue weighted by Crippen LogP contribution is 1.78. The summed E-state index contributed by atoms with van der Waals surface area (Å²) in [6.45, 7) is 7.99. The molecule has 0 aromatic rings. The van der Waals surface area contributed by atoms with E-state index in [-0.39, 0.29) is 0 Å². The van der Waals surface area contributed by atoms with E-state index in [9.17, 15) is 0 Å². The summed E-state index contributed by atoms with van der Waals surface area (Å²) in [6, 6.07) is 0. The van der Waals surface area contributed by atoms with Gasteiger partial charge in [-0.2, -0.15) is 0 Å². The van der Waals surface area contributed by atoms with E-state index in [0.717, 1.165) is 6.54 Å². The molecular weight excluding hydrogens is 86.1 g/mol. The molecule has 0 aromatic carbocycles. The minimum Gasteiger partial charge on any atom is -0.377 e. The van der Waals surface area contributed by atoms with Gasteiger partial charge in [-0.15, -0.1) is 6.58 Å². The Morgan fingerprint density at radius 2 is 2.14 bits per heavy atom. The van der Waals surface area contributed by atoms with Crippen LogP contribution in [-0.4, -0.2) is 18.5 Å². The van der Waals surface area contributed by atoms with Crippen LogP contribution >= 0.6 is 0 Å². The summed E-state index contributed by atoms with van der Waals surface area (Å²) < 4.78 is 0. The summed E-state index contributed by atoms with van der Waals surface area (Å²) in [6.07, 6.45) is 3.60. The second kappa shape index (κ2) is 3.47. The molecule has 0 aliphatic rings. The molecular formula is C6H11N. The van der Waals surface area contributed by atoms with Gasteiger partial charge in [0.1, 0.15) is 0 Å². The molecule has 0 spiro atoms. The highest BCUT2D eigenvalue weighted by atomic mass is 15.1. The van der Waals surface area contributed by atoms with Gasteiger partial charge >= 0.3 is 0 Å². The molecule has 0 rings (SSSR count). The first kappa shape index (κ1) is 6.28. The lowest BCUT2D eigenvalue weighted by Crippen LogP contribution is -2.08. The Kier molecular flexibility index (Phi) is 3.11. The molecule has 0 saturated heterocycles. The number of hydrogen-bond acceptors (Lipinski definition) is 1. The highest BCUT2D eigenvalue weighted by molar-refractivity contribution is 4.76. The third kappa shape index (κ3) is 3.10. The molecule has 0 N–H and O–H groups in total. The van der Waals surface area contributed by atoms with E-state index in [1.165, 1.54) is 0 Å². The van der Waals surface area contributed by atoms with E-state index in [1.807, 2.05) is 18.0 Å². The van der Waals surface area contributed by atoms with Gasteiger partial charge in [0.15, 0.2) is 0 Å². The molecule has 0 heterocycles. The Balaban J connectivity index is 3.15. The van der Waals surface area contributed by atoms with Crippen LogP contribution < -0.4 is 0 Å². The summed E-state index contributed by atoms with van der Waals surface area (Å²) in [5.41, 5.74) is 0. The molecule has 0 saturated carbocycles. The second-order valence-electron chi connectivity index (χ2n) is 1.41. The van der Waals surface area contributed by atoms with E-state index in [2.05, 4.69) is 13.2 Å². The predicted molar refractivity (Wildman–Crippen MR) is 33.0 cm³/mol. The van der Waals surface area contributed by atoms with Crippen LogP contribution in [0.4, 0.5) is 0 Å². The zero-order chi connectivity index (χ0) is 5.70. The fraction of sp³-hybridized carbons (Fsp3) is 0.333.